The molecule has 0 amide bonds. The molecule has 0 bridgehead atoms. The van der Waals surface area contributed by atoms with Crippen LogP contribution in [0.4, 0.5) is 0 Å². The van der Waals surface area contributed by atoms with Gasteiger partial charge in [0.1, 0.15) is 11.5 Å². The van der Waals surface area contributed by atoms with Crippen molar-refractivity contribution in [3.8, 4) is 11.5 Å². The number of Topliss-reactive ketones (excluding diaryl/α,β-unsaturated/α-hetero) is 1. The molecule has 0 N–H and O–H groups in total. The van der Waals surface area contributed by atoms with Gasteiger partial charge in [0.15, 0.2) is 5.78 Å². The van der Waals surface area contributed by atoms with Crippen LogP contribution in [0.15, 0.2) is 24.3 Å². The second kappa shape index (κ2) is 9.08. The lowest BCUT2D eigenvalue weighted by Gasteiger charge is -2.37. The number of hydrogen-bond acceptors (Lipinski definition) is 6. The minimum atomic E-state index is -0.648. The molecule has 6 nitrogen and oxygen atoms in total. The van der Waals surface area contributed by atoms with E-state index in [1.54, 1.807) is 20.1 Å². The highest BCUT2D eigenvalue weighted by Crippen LogP contribution is 2.51. The Morgan fingerprint density at radius 1 is 1.16 bits per heavy atom. The zero-order valence-corrected chi connectivity index (χ0v) is 19.0. The first kappa shape index (κ1) is 22.8. The van der Waals surface area contributed by atoms with Gasteiger partial charge in [-0.2, -0.15) is 0 Å². The molecular weight excluding hydrogens is 396 g/mol. The Hall–Kier alpha value is -2.89. The third-order valence-electron chi connectivity index (χ3n) is 6.14. The largest absolute Gasteiger partial charge is 0.496 e. The van der Waals surface area contributed by atoms with E-state index in [1.807, 2.05) is 18.2 Å². The van der Waals surface area contributed by atoms with Crippen molar-refractivity contribution in [1.82, 2.24) is 0 Å². The molecule has 166 valence electrons. The molecule has 6 heteroatoms. The van der Waals surface area contributed by atoms with E-state index in [4.69, 9.17) is 14.2 Å². The molecule has 0 fully saturated rings. The number of esters is 2. The third-order valence-corrected chi connectivity index (χ3v) is 6.14. The minimum absolute atomic E-state index is 0.149. The molecule has 0 radical (unpaired) electrons. The molecule has 2 aromatic carbocycles. The summed E-state index contributed by atoms with van der Waals surface area (Å²) in [5, 5.41) is 1.37. The first-order chi connectivity index (χ1) is 14.7. The molecule has 3 atom stereocenters. The highest BCUT2D eigenvalue weighted by molar-refractivity contribution is 6.09. The zero-order chi connectivity index (χ0) is 22.9. The number of carbonyl (C=O) groups is 3. The van der Waals surface area contributed by atoms with Crippen molar-refractivity contribution >= 4 is 28.5 Å². The molecule has 0 spiro atoms. The van der Waals surface area contributed by atoms with E-state index in [9.17, 15) is 14.4 Å². The molecule has 31 heavy (non-hydrogen) atoms. The molecule has 0 saturated heterocycles. The summed E-state index contributed by atoms with van der Waals surface area (Å²) in [6.07, 6.45) is 1.51. The maximum Gasteiger partial charge on any atom is 0.310 e. The van der Waals surface area contributed by atoms with Crippen LogP contribution < -0.4 is 9.47 Å². The van der Waals surface area contributed by atoms with Crippen LogP contribution in [0.3, 0.4) is 0 Å². The van der Waals surface area contributed by atoms with Crippen LogP contribution in [0.2, 0.25) is 0 Å². The van der Waals surface area contributed by atoms with Gasteiger partial charge in [-0.3, -0.25) is 14.4 Å². The Morgan fingerprint density at radius 2 is 1.87 bits per heavy atom. The number of rotatable bonds is 6. The topological polar surface area (TPSA) is 78.9 Å². The molecule has 0 unspecified atom stereocenters. The summed E-state index contributed by atoms with van der Waals surface area (Å²) in [5.74, 6) is -1.32. The third kappa shape index (κ3) is 4.16. The van der Waals surface area contributed by atoms with Crippen molar-refractivity contribution in [3.05, 3.63) is 35.4 Å². The standard InChI is InChI=1S/C25H30O6/c1-13(2)10-11-17-20(25(28)30-6)14(3)23(27)18-12-16-8-7-9-19(29-5)21(16)24(22(17)18)31-15(4)26/h7-9,12-14,17,20H,10-11H2,1-6H3/t14-,17-,20+/m1/s1. The molecule has 1 aliphatic rings. The number of ketones is 1. The van der Waals surface area contributed by atoms with E-state index in [0.29, 0.717) is 40.4 Å². The summed E-state index contributed by atoms with van der Waals surface area (Å²) < 4.78 is 16.4. The second-order valence-electron chi connectivity index (χ2n) is 8.60. The van der Waals surface area contributed by atoms with E-state index in [2.05, 4.69) is 13.8 Å². The Labute approximate surface area is 182 Å². The van der Waals surface area contributed by atoms with Crippen LogP contribution in [-0.2, 0) is 14.3 Å². The number of methoxy groups -OCH3 is 2. The van der Waals surface area contributed by atoms with Gasteiger partial charge < -0.3 is 14.2 Å². The molecule has 0 saturated carbocycles. The molecule has 0 aromatic heterocycles. The van der Waals surface area contributed by atoms with Gasteiger partial charge in [-0.15, -0.1) is 0 Å². The van der Waals surface area contributed by atoms with E-state index in [0.717, 1.165) is 11.8 Å². The predicted octanol–water partition coefficient (Wildman–Crippen LogP) is 4.92. The van der Waals surface area contributed by atoms with Crippen molar-refractivity contribution in [1.29, 1.82) is 0 Å². The van der Waals surface area contributed by atoms with E-state index in [1.165, 1.54) is 14.0 Å². The highest BCUT2D eigenvalue weighted by Gasteiger charge is 2.46. The quantitative estimate of drug-likeness (QED) is 0.482. The smallest absolute Gasteiger partial charge is 0.310 e. The Bertz CT molecular complexity index is 1020. The first-order valence-corrected chi connectivity index (χ1v) is 10.6. The van der Waals surface area contributed by atoms with E-state index >= 15 is 0 Å². The lowest BCUT2D eigenvalue weighted by Crippen LogP contribution is -2.39. The highest BCUT2D eigenvalue weighted by atomic mass is 16.5. The molecule has 1 aliphatic carbocycles. The number of benzene rings is 2. The van der Waals surface area contributed by atoms with Gasteiger partial charge in [-0.25, -0.2) is 0 Å². The minimum Gasteiger partial charge on any atom is -0.496 e. The first-order valence-electron chi connectivity index (χ1n) is 10.6. The monoisotopic (exact) mass is 426 g/mol. The molecule has 3 rings (SSSR count). The summed E-state index contributed by atoms with van der Waals surface area (Å²) in [7, 11) is 2.89. The van der Waals surface area contributed by atoms with Crippen molar-refractivity contribution in [2.45, 2.75) is 46.5 Å². The number of carbonyl (C=O) groups excluding carboxylic acids is 3. The Kier molecular flexibility index (Phi) is 6.68. The fourth-order valence-electron chi connectivity index (χ4n) is 4.67. The van der Waals surface area contributed by atoms with Gasteiger partial charge in [0, 0.05) is 29.9 Å². The normalized spacial score (nSPS) is 20.5. The van der Waals surface area contributed by atoms with Gasteiger partial charge in [0.05, 0.1) is 25.5 Å². The van der Waals surface area contributed by atoms with Gasteiger partial charge in [-0.1, -0.05) is 39.3 Å². The predicted molar refractivity (Wildman–Crippen MR) is 118 cm³/mol. The van der Waals surface area contributed by atoms with Crippen LogP contribution in [0.5, 0.6) is 11.5 Å². The van der Waals surface area contributed by atoms with Gasteiger partial charge in [-0.05, 0) is 29.9 Å². The van der Waals surface area contributed by atoms with E-state index < -0.39 is 23.8 Å². The van der Waals surface area contributed by atoms with Crippen molar-refractivity contribution in [2.75, 3.05) is 14.2 Å². The summed E-state index contributed by atoms with van der Waals surface area (Å²) in [4.78, 5) is 38.3. The molecular formula is C25H30O6. The van der Waals surface area contributed by atoms with Crippen LogP contribution in [0.1, 0.15) is 62.4 Å². The fraction of sp³-hybridized carbons (Fsp3) is 0.480. The lowest BCUT2D eigenvalue weighted by atomic mass is 9.66. The maximum absolute atomic E-state index is 13.4. The Balaban J connectivity index is 2.39. The maximum atomic E-state index is 13.4. The van der Waals surface area contributed by atoms with Crippen molar-refractivity contribution in [2.24, 2.45) is 17.8 Å². The van der Waals surface area contributed by atoms with Crippen LogP contribution >= 0.6 is 0 Å². The number of hydrogen-bond donors (Lipinski definition) is 0. The zero-order valence-electron chi connectivity index (χ0n) is 19.0. The summed E-state index contributed by atoms with van der Waals surface area (Å²) in [5.41, 5.74) is 1.10. The molecule has 0 aliphatic heterocycles. The molecule has 0 heterocycles. The number of fused-ring (bicyclic) bond motifs is 2. The average molecular weight is 427 g/mol. The SMILES string of the molecule is COC(=O)[C@H]1[C@@H](C)C(=O)c2cc3cccc(OC)c3c(OC(C)=O)c2[C@@H]1CCC(C)C. The Morgan fingerprint density at radius 3 is 2.45 bits per heavy atom. The van der Waals surface area contributed by atoms with Gasteiger partial charge in [0.2, 0.25) is 0 Å². The molecule has 2 aromatic rings. The van der Waals surface area contributed by atoms with E-state index in [-0.39, 0.29) is 11.7 Å². The average Bonchev–Trinajstić information content (AvgIpc) is 2.73. The van der Waals surface area contributed by atoms with Gasteiger partial charge >= 0.3 is 11.9 Å². The number of ether oxygens (including phenoxy) is 3. The van der Waals surface area contributed by atoms with Crippen molar-refractivity contribution < 1.29 is 28.6 Å². The van der Waals surface area contributed by atoms with Crippen LogP contribution in [0, 0.1) is 17.8 Å². The van der Waals surface area contributed by atoms with Crippen molar-refractivity contribution in [3.63, 3.8) is 0 Å². The lowest BCUT2D eigenvalue weighted by molar-refractivity contribution is -0.148. The van der Waals surface area contributed by atoms with Crippen LogP contribution in [-0.4, -0.2) is 31.9 Å². The van der Waals surface area contributed by atoms with Crippen LogP contribution in [0.25, 0.3) is 10.8 Å². The fourth-order valence-corrected chi connectivity index (χ4v) is 4.67. The summed E-state index contributed by atoms with van der Waals surface area (Å²) >= 11 is 0. The second-order valence-corrected chi connectivity index (χ2v) is 8.60. The summed E-state index contributed by atoms with van der Waals surface area (Å²) in [6, 6.07) is 7.30. The van der Waals surface area contributed by atoms with Gasteiger partial charge in [0.25, 0.3) is 0 Å². The summed E-state index contributed by atoms with van der Waals surface area (Å²) in [6.45, 7) is 7.33.